The van der Waals surface area contributed by atoms with Gasteiger partial charge in [-0.05, 0) is 112 Å². The van der Waals surface area contributed by atoms with Crippen molar-refractivity contribution in [2.45, 2.75) is 85.5 Å². The number of ether oxygens (including phenoxy) is 1. The van der Waals surface area contributed by atoms with Crippen molar-refractivity contribution in [3.05, 3.63) is 168 Å². The minimum absolute atomic E-state index is 0.0250. The molecule has 0 saturated heterocycles. The van der Waals surface area contributed by atoms with Gasteiger partial charge in [0.1, 0.15) is 24.0 Å². The fourth-order valence-corrected chi connectivity index (χ4v) is 8.52. The molecule has 0 unspecified atom stereocenters. The zero-order valence-electron chi connectivity index (χ0n) is 36.8. The second-order valence-corrected chi connectivity index (χ2v) is 19.6. The van der Waals surface area contributed by atoms with Crippen molar-refractivity contribution in [2.75, 3.05) is 16.5 Å². The van der Waals surface area contributed by atoms with E-state index in [1.807, 2.05) is 12.3 Å². The summed E-state index contributed by atoms with van der Waals surface area (Å²) in [6.07, 6.45) is 2.03. The number of aryl methyl sites for hydroxylation is 1. The van der Waals surface area contributed by atoms with Gasteiger partial charge in [0.05, 0.1) is 22.4 Å². The van der Waals surface area contributed by atoms with Gasteiger partial charge in [-0.3, -0.25) is 4.57 Å². The molecule has 8 aromatic rings. The van der Waals surface area contributed by atoms with E-state index in [-0.39, 0.29) is 16.2 Å². The van der Waals surface area contributed by atoms with Crippen LogP contribution in [0.25, 0.3) is 38.8 Å². The van der Waals surface area contributed by atoms with E-state index in [9.17, 15) is 0 Å². The molecule has 302 valence electrons. The Kier molecular flexibility index (Phi) is 9.42. The molecule has 0 aliphatic carbocycles. The highest BCUT2D eigenvalue weighted by Gasteiger charge is 2.30. The highest BCUT2D eigenvalue weighted by Crippen LogP contribution is 2.46. The molecule has 3 heterocycles. The van der Waals surface area contributed by atoms with Gasteiger partial charge < -0.3 is 14.5 Å². The minimum Gasteiger partial charge on any atom is -0.457 e. The molecule has 0 spiro atoms. The van der Waals surface area contributed by atoms with Crippen molar-refractivity contribution in [2.24, 2.45) is 0 Å². The molecule has 2 aromatic heterocycles. The standard InChI is InChI=1S/C55H56N4O/c1-36-27-52(56-34-47(36)37-17-15-18-38(28-37)53(2,3)4)59-48-22-12-11-21-45(48)46-26-25-44(33-51(46)59)60-43-20-16-19-41(32-43)57-35-58(50-24-14-13-23-49(50)57)42-30-39(54(5,6)7)29-40(31-42)55(8,9)10/h11-34H,35H2,1-10H3. The van der Waals surface area contributed by atoms with Crippen molar-refractivity contribution in [3.63, 3.8) is 0 Å². The lowest BCUT2D eigenvalue weighted by molar-refractivity contribution is 0.483. The zero-order chi connectivity index (χ0) is 42.1. The summed E-state index contributed by atoms with van der Waals surface area (Å²) in [6.45, 7) is 23.5. The first-order valence-electron chi connectivity index (χ1n) is 21.2. The van der Waals surface area contributed by atoms with Crippen LogP contribution in [0.4, 0.5) is 22.7 Å². The van der Waals surface area contributed by atoms with Gasteiger partial charge in [-0.2, -0.15) is 0 Å². The molecule has 5 nitrogen and oxygen atoms in total. The van der Waals surface area contributed by atoms with Crippen LogP contribution in [0.3, 0.4) is 0 Å². The van der Waals surface area contributed by atoms with E-state index in [0.29, 0.717) is 6.67 Å². The van der Waals surface area contributed by atoms with Crippen LogP contribution >= 0.6 is 0 Å². The predicted molar refractivity (Wildman–Crippen MR) is 253 cm³/mol. The lowest BCUT2D eigenvalue weighted by Crippen LogP contribution is -2.25. The van der Waals surface area contributed by atoms with Crippen LogP contribution in [0, 0.1) is 6.92 Å². The van der Waals surface area contributed by atoms with Crippen LogP contribution in [0.1, 0.15) is 84.6 Å². The quantitative estimate of drug-likeness (QED) is 0.168. The molecule has 0 radical (unpaired) electrons. The molecule has 9 rings (SSSR count). The monoisotopic (exact) mass is 788 g/mol. The molecule has 0 atom stereocenters. The van der Waals surface area contributed by atoms with Crippen LogP contribution in [0.5, 0.6) is 11.5 Å². The molecule has 60 heavy (non-hydrogen) atoms. The van der Waals surface area contributed by atoms with Gasteiger partial charge in [-0.1, -0.05) is 129 Å². The second-order valence-electron chi connectivity index (χ2n) is 19.6. The fourth-order valence-electron chi connectivity index (χ4n) is 8.52. The maximum atomic E-state index is 6.74. The molecule has 0 bridgehead atoms. The van der Waals surface area contributed by atoms with E-state index >= 15 is 0 Å². The third-order valence-electron chi connectivity index (χ3n) is 12.1. The van der Waals surface area contributed by atoms with Gasteiger partial charge in [-0.25, -0.2) is 4.98 Å². The molecule has 6 aromatic carbocycles. The van der Waals surface area contributed by atoms with Gasteiger partial charge in [0.15, 0.2) is 0 Å². The van der Waals surface area contributed by atoms with Crippen LogP contribution in [-0.4, -0.2) is 16.2 Å². The van der Waals surface area contributed by atoms with E-state index in [2.05, 4.69) is 217 Å². The summed E-state index contributed by atoms with van der Waals surface area (Å²) in [5, 5.41) is 2.34. The third-order valence-corrected chi connectivity index (χ3v) is 12.1. The summed E-state index contributed by atoms with van der Waals surface area (Å²) in [4.78, 5) is 9.95. The normalized spacial score (nSPS) is 13.4. The van der Waals surface area contributed by atoms with E-state index in [0.717, 1.165) is 45.0 Å². The average Bonchev–Trinajstić information content (AvgIpc) is 3.76. The maximum Gasteiger partial charge on any atom is 0.137 e. The van der Waals surface area contributed by atoms with Crippen LogP contribution < -0.4 is 14.5 Å². The van der Waals surface area contributed by atoms with E-state index in [4.69, 9.17) is 9.72 Å². The summed E-state index contributed by atoms with van der Waals surface area (Å²) >= 11 is 0. The van der Waals surface area contributed by atoms with Crippen LogP contribution in [0.15, 0.2) is 146 Å². The van der Waals surface area contributed by atoms with Crippen molar-refractivity contribution >= 4 is 44.6 Å². The Morgan fingerprint density at radius 2 is 1.12 bits per heavy atom. The number of nitrogens with zero attached hydrogens (tertiary/aromatic N) is 4. The number of rotatable bonds is 6. The Bertz CT molecular complexity index is 2880. The summed E-state index contributed by atoms with van der Waals surface area (Å²) in [5.41, 5.74) is 14.5. The molecular formula is C55H56N4O. The van der Waals surface area contributed by atoms with Crippen LogP contribution in [0.2, 0.25) is 0 Å². The van der Waals surface area contributed by atoms with Gasteiger partial charge in [0.2, 0.25) is 0 Å². The van der Waals surface area contributed by atoms with E-state index in [1.165, 1.54) is 50.3 Å². The number of hydrogen-bond acceptors (Lipinski definition) is 4. The van der Waals surface area contributed by atoms with Crippen LogP contribution in [-0.2, 0) is 16.2 Å². The predicted octanol–water partition coefficient (Wildman–Crippen LogP) is 15.1. The molecule has 0 N–H and O–H groups in total. The van der Waals surface area contributed by atoms with Crippen molar-refractivity contribution in [1.82, 2.24) is 9.55 Å². The molecule has 0 amide bonds. The lowest BCUT2D eigenvalue weighted by atomic mass is 9.80. The maximum absolute atomic E-state index is 6.74. The highest BCUT2D eigenvalue weighted by atomic mass is 16.5. The molecular weight excluding hydrogens is 733 g/mol. The molecule has 1 aliphatic heterocycles. The topological polar surface area (TPSA) is 33.5 Å². The number of benzene rings is 6. The summed E-state index contributed by atoms with van der Waals surface area (Å²) in [7, 11) is 0. The number of pyridine rings is 1. The Hall–Kier alpha value is -6.33. The Morgan fingerprint density at radius 1 is 0.500 bits per heavy atom. The summed E-state index contributed by atoms with van der Waals surface area (Å²) < 4.78 is 9.01. The Labute approximate surface area is 355 Å². The first-order valence-corrected chi connectivity index (χ1v) is 21.2. The molecule has 5 heteroatoms. The van der Waals surface area contributed by atoms with Gasteiger partial charge in [-0.15, -0.1) is 0 Å². The highest BCUT2D eigenvalue weighted by molar-refractivity contribution is 6.09. The fraction of sp³-hybridized carbons (Fsp3) is 0.255. The number of fused-ring (bicyclic) bond motifs is 4. The third kappa shape index (κ3) is 7.21. The van der Waals surface area contributed by atoms with Crippen molar-refractivity contribution in [3.8, 4) is 28.4 Å². The number of aromatic nitrogens is 2. The van der Waals surface area contributed by atoms with E-state index < -0.39 is 0 Å². The first kappa shape index (κ1) is 39.1. The minimum atomic E-state index is 0.0250. The van der Waals surface area contributed by atoms with Gasteiger partial charge >= 0.3 is 0 Å². The smallest absolute Gasteiger partial charge is 0.137 e. The van der Waals surface area contributed by atoms with Crippen molar-refractivity contribution in [1.29, 1.82) is 0 Å². The van der Waals surface area contributed by atoms with Gasteiger partial charge in [0.25, 0.3) is 0 Å². The second kappa shape index (κ2) is 14.4. The molecule has 0 fully saturated rings. The summed E-state index contributed by atoms with van der Waals surface area (Å²) in [6, 6.07) is 50.4. The zero-order valence-corrected chi connectivity index (χ0v) is 36.8. The average molecular weight is 789 g/mol. The number of anilines is 4. The SMILES string of the molecule is Cc1cc(-n2c3ccccc3c3ccc(Oc4cccc(N5CN(c6cc(C(C)(C)C)cc(C(C)(C)C)c6)c6ccccc65)c4)cc32)ncc1-c1cccc(C(C)(C)C)c1. The summed E-state index contributed by atoms with van der Waals surface area (Å²) in [5.74, 6) is 2.44. The largest absolute Gasteiger partial charge is 0.457 e. The Morgan fingerprint density at radius 3 is 1.80 bits per heavy atom. The Balaban J connectivity index is 1.05. The van der Waals surface area contributed by atoms with Gasteiger partial charge in [0, 0.05) is 46.0 Å². The number of para-hydroxylation sites is 3. The lowest BCUT2D eigenvalue weighted by Gasteiger charge is -2.29. The molecule has 1 aliphatic rings. The first-order chi connectivity index (χ1) is 28.5. The molecule has 0 saturated carbocycles. The van der Waals surface area contributed by atoms with E-state index in [1.54, 1.807) is 0 Å². The number of hydrogen-bond donors (Lipinski definition) is 0. The van der Waals surface area contributed by atoms with Crippen molar-refractivity contribution < 1.29 is 4.74 Å².